The molecule has 1 saturated heterocycles. The summed E-state index contributed by atoms with van der Waals surface area (Å²) in [5.74, 6) is -0.578. The molecule has 2 aliphatic heterocycles. The average Bonchev–Trinajstić information content (AvgIpc) is 3.00. The van der Waals surface area contributed by atoms with Crippen LogP contribution in [0.2, 0.25) is 0 Å². The number of benzene rings is 2. The van der Waals surface area contributed by atoms with Crippen LogP contribution in [0.5, 0.6) is 0 Å². The van der Waals surface area contributed by atoms with E-state index >= 15 is 0 Å². The summed E-state index contributed by atoms with van der Waals surface area (Å²) in [6.07, 6.45) is 1.79. The van der Waals surface area contributed by atoms with Gasteiger partial charge in [-0.2, -0.15) is 0 Å². The number of esters is 1. The highest BCUT2D eigenvalue weighted by molar-refractivity contribution is 9.09. The van der Waals surface area contributed by atoms with Gasteiger partial charge in [0.05, 0.1) is 27.9 Å². The summed E-state index contributed by atoms with van der Waals surface area (Å²) in [4.78, 5) is 24.1. The van der Waals surface area contributed by atoms with Gasteiger partial charge in [-0.1, -0.05) is 54.0 Å². The summed E-state index contributed by atoms with van der Waals surface area (Å²) in [7, 11) is 0. The molecule has 0 radical (unpaired) electrons. The van der Waals surface area contributed by atoms with Crippen LogP contribution in [0, 0.1) is 25.1 Å². The van der Waals surface area contributed by atoms with Crippen molar-refractivity contribution in [2.45, 2.75) is 124 Å². The molecule has 6 nitrogen and oxygen atoms in total. The number of pyridine rings is 1. The number of carbonyl (C=O) groups is 1. The van der Waals surface area contributed by atoms with E-state index in [1.165, 1.54) is 11.1 Å². The summed E-state index contributed by atoms with van der Waals surface area (Å²) >= 11 is 3.90. The van der Waals surface area contributed by atoms with Crippen molar-refractivity contribution in [3.05, 3.63) is 81.4 Å². The molecular formula is C41H55BrFN3O3. The lowest BCUT2D eigenvalue weighted by atomic mass is 9.81. The number of carbonyl (C=O) groups excluding carboxylic acids is 1. The molecule has 3 heterocycles. The highest BCUT2D eigenvalue weighted by Crippen LogP contribution is 2.48. The molecule has 49 heavy (non-hydrogen) atoms. The quantitative estimate of drug-likeness (QED) is 0.161. The molecular weight excluding hydrogens is 681 g/mol. The first kappa shape index (κ1) is 37.4. The Morgan fingerprint density at radius 2 is 1.71 bits per heavy atom. The fourth-order valence-corrected chi connectivity index (χ4v) is 7.46. The largest absolute Gasteiger partial charge is 0.461 e. The van der Waals surface area contributed by atoms with Crippen molar-refractivity contribution >= 4 is 27.6 Å². The molecule has 1 unspecified atom stereocenters. The standard InChI is InChI=1S/C41H55BrFN3O3/c1-25(2)48-39(47)38(49-40(6,7)8)34-28(5)44-36(27(4)42)35(37(34)46-19-16-41(9,10)17-20-46)30-11-12-32-24-45(18-15-29(32)22-30)23-31-13-14-33(43)21-26(31)3/h11-14,21-22,25,27,38H,15-20,23-24H2,1-10H3/t27?,38-/m0/s1. The van der Waals surface area contributed by atoms with Crippen LogP contribution in [-0.4, -0.2) is 47.2 Å². The number of aromatic nitrogens is 1. The minimum atomic E-state index is -0.931. The Kier molecular flexibility index (Phi) is 11.3. The van der Waals surface area contributed by atoms with Crippen LogP contribution in [-0.2, 0) is 33.8 Å². The predicted octanol–water partition coefficient (Wildman–Crippen LogP) is 9.95. The Balaban J connectivity index is 1.64. The zero-order valence-corrected chi connectivity index (χ0v) is 32.8. The molecule has 0 aliphatic carbocycles. The number of ether oxygens (including phenoxy) is 2. The molecule has 5 rings (SSSR count). The van der Waals surface area contributed by atoms with Gasteiger partial charge in [0.1, 0.15) is 5.82 Å². The summed E-state index contributed by atoms with van der Waals surface area (Å²) in [5.41, 5.74) is 10.1. The number of piperidine rings is 1. The average molecular weight is 737 g/mol. The van der Waals surface area contributed by atoms with Gasteiger partial charge < -0.3 is 14.4 Å². The molecule has 0 bridgehead atoms. The lowest BCUT2D eigenvalue weighted by Gasteiger charge is -2.41. The molecule has 0 amide bonds. The van der Waals surface area contributed by atoms with Crippen molar-refractivity contribution < 1.29 is 18.7 Å². The second-order valence-corrected chi connectivity index (χ2v) is 17.5. The van der Waals surface area contributed by atoms with Crippen molar-refractivity contribution in [3.8, 4) is 11.1 Å². The summed E-state index contributed by atoms with van der Waals surface area (Å²) in [5, 5.41) is 0. The third kappa shape index (κ3) is 8.92. The van der Waals surface area contributed by atoms with E-state index in [-0.39, 0.29) is 28.1 Å². The maximum atomic E-state index is 14.0. The summed E-state index contributed by atoms with van der Waals surface area (Å²) in [6.45, 7) is 24.8. The van der Waals surface area contributed by atoms with E-state index in [1.54, 1.807) is 12.1 Å². The Bertz CT molecular complexity index is 1670. The SMILES string of the molecule is Cc1cc(F)ccc1CN1CCc2cc(-c3c(C(C)Br)nc(C)c([C@H](OC(C)(C)C)C(=O)OC(C)C)c3N3CCC(C)(C)CC3)ccc2C1. The number of hydrogen-bond donors (Lipinski definition) is 0. The van der Waals surface area contributed by atoms with E-state index in [2.05, 4.69) is 64.7 Å². The van der Waals surface area contributed by atoms with Gasteiger partial charge in [0, 0.05) is 49.5 Å². The number of halogens is 2. The highest BCUT2D eigenvalue weighted by Gasteiger charge is 2.38. The van der Waals surface area contributed by atoms with Crippen LogP contribution >= 0.6 is 15.9 Å². The monoisotopic (exact) mass is 735 g/mol. The van der Waals surface area contributed by atoms with Gasteiger partial charge in [-0.25, -0.2) is 9.18 Å². The van der Waals surface area contributed by atoms with Crippen molar-refractivity contribution in [2.75, 3.05) is 24.5 Å². The second kappa shape index (κ2) is 14.8. The van der Waals surface area contributed by atoms with Gasteiger partial charge in [-0.05, 0) is 120 Å². The first-order valence-corrected chi connectivity index (χ1v) is 18.8. The molecule has 266 valence electrons. The zero-order valence-electron chi connectivity index (χ0n) is 31.2. The first-order chi connectivity index (χ1) is 22.9. The van der Waals surface area contributed by atoms with Gasteiger partial charge in [0.15, 0.2) is 6.10 Å². The maximum absolute atomic E-state index is 14.0. The summed E-state index contributed by atoms with van der Waals surface area (Å²) in [6, 6.07) is 11.9. The number of rotatable bonds is 9. The number of anilines is 1. The van der Waals surface area contributed by atoms with Crippen LogP contribution in [0.15, 0.2) is 36.4 Å². The van der Waals surface area contributed by atoms with Gasteiger partial charge >= 0.3 is 5.97 Å². The van der Waals surface area contributed by atoms with Crippen molar-refractivity contribution in [3.63, 3.8) is 0 Å². The number of alkyl halides is 1. The smallest absolute Gasteiger partial charge is 0.340 e. The zero-order chi connectivity index (χ0) is 35.8. The predicted molar refractivity (Wildman–Crippen MR) is 201 cm³/mol. The fraction of sp³-hybridized carbons (Fsp3) is 0.561. The molecule has 8 heteroatoms. The summed E-state index contributed by atoms with van der Waals surface area (Å²) < 4.78 is 26.2. The molecule has 0 saturated carbocycles. The van der Waals surface area contributed by atoms with Gasteiger partial charge in [0.25, 0.3) is 0 Å². The molecule has 2 aliphatic rings. The van der Waals surface area contributed by atoms with Crippen LogP contribution < -0.4 is 4.90 Å². The molecule has 0 spiro atoms. The Morgan fingerprint density at radius 1 is 1.02 bits per heavy atom. The Labute approximate surface area is 301 Å². The lowest BCUT2D eigenvalue weighted by Crippen LogP contribution is -2.39. The lowest BCUT2D eigenvalue weighted by molar-refractivity contribution is -0.171. The van der Waals surface area contributed by atoms with Crippen molar-refractivity contribution in [1.82, 2.24) is 9.88 Å². The topological polar surface area (TPSA) is 54.9 Å². The molecule has 0 N–H and O–H groups in total. The van der Waals surface area contributed by atoms with E-state index in [4.69, 9.17) is 14.5 Å². The highest BCUT2D eigenvalue weighted by atomic mass is 79.9. The number of aryl methyl sites for hydroxylation is 2. The minimum Gasteiger partial charge on any atom is -0.461 e. The van der Waals surface area contributed by atoms with Crippen molar-refractivity contribution in [1.29, 1.82) is 0 Å². The maximum Gasteiger partial charge on any atom is 0.340 e. The van der Waals surface area contributed by atoms with Gasteiger partial charge in [0.2, 0.25) is 0 Å². The van der Waals surface area contributed by atoms with Crippen LogP contribution in [0.25, 0.3) is 11.1 Å². The van der Waals surface area contributed by atoms with Crippen LogP contribution in [0.3, 0.4) is 0 Å². The number of nitrogens with zero attached hydrogens (tertiary/aromatic N) is 3. The molecule has 2 aromatic carbocycles. The van der Waals surface area contributed by atoms with E-state index in [0.29, 0.717) is 0 Å². The van der Waals surface area contributed by atoms with E-state index in [9.17, 15) is 9.18 Å². The van der Waals surface area contributed by atoms with Crippen molar-refractivity contribution in [2.24, 2.45) is 5.41 Å². The van der Waals surface area contributed by atoms with Crippen LogP contribution in [0.1, 0.15) is 118 Å². The molecule has 3 aromatic rings. The number of hydrogen-bond acceptors (Lipinski definition) is 6. The van der Waals surface area contributed by atoms with Gasteiger partial charge in [-0.3, -0.25) is 9.88 Å². The third-order valence-electron chi connectivity index (χ3n) is 9.82. The Morgan fingerprint density at radius 3 is 2.33 bits per heavy atom. The second-order valence-electron chi connectivity index (χ2n) is 16.1. The van der Waals surface area contributed by atoms with E-state index in [1.807, 2.05) is 54.5 Å². The molecule has 2 atom stereocenters. The number of fused-ring (bicyclic) bond motifs is 1. The minimum absolute atomic E-state index is 0.0229. The first-order valence-electron chi connectivity index (χ1n) is 17.8. The molecule has 1 fully saturated rings. The Hall–Kier alpha value is -2.81. The fourth-order valence-electron chi connectivity index (χ4n) is 7.13. The van der Waals surface area contributed by atoms with Gasteiger partial charge in [-0.15, -0.1) is 0 Å². The van der Waals surface area contributed by atoms with E-state index < -0.39 is 11.7 Å². The third-order valence-corrected chi connectivity index (χ3v) is 10.3. The van der Waals surface area contributed by atoms with Crippen LogP contribution in [0.4, 0.5) is 10.1 Å². The normalized spacial score (nSPS) is 17.9. The van der Waals surface area contributed by atoms with E-state index in [0.717, 1.165) is 96.9 Å². The molecule has 1 aromatic heterocycles.